The first kappa shape index (κ1) is 16.4. The summed E-state index contributed by atoms with van der Waals surface area (Å²) in [6, 6.07) is 7.66. The minimum atomic E-state index is -3.29. The number of rotatable bonds is 7. The normalized spacial score (nSPS) is 19.6. The largest absolute Gasteiger partial charge is 0.381 e. The summed E-state index contributed by atoms with van der Waals surface area (Å²) < 4.78 is 32.4. The molecule has 0 aromatic heterocycles. The third-order valence-electron chi connectivity index (χ3n) is 3.58. The van der Waals surface area contributed by atoms with E-state index in [1.54, 1.807) is 0 Å². The first-order valence-corrected chi connectivity index (χ1v) is 9.02. The SMILES string of the molecule is CNCc1cccc(CS(=O)(=O)NCC2CCCOC2)c1. The molecule has 1 saturated heterocycles. The molecule has 0 saturated carbocycles. The molecule has 0 amide bonds. The monoisotopic (exact) mass is 312 g/mol. The first-order chi connectivity index (χ1) is 10.1. The number of hydrogen-bond donors (Lipinski definition) is 2. The average molecular weight is 312 g/mol. The van der Waals surface area contributed by atoms with Crippen LogP contribution in [0.2, 0.25) is 0 Å². The van der Waals surface area contributed by atoms with Gasteiger partial charge in [-0.05, 0) is 36.9 Å². The van der Waals surface area contributed by atoms with Crippen LogP contribution in [0, 0.1) is 5.92 Å². The summed E-state index contributed by atoms with van der Waals surface area (Å²) in [5.41, 5.74) is 1.90. The Balaban J connectivity index is 1.89. The van der Waals surface area contributed by atoms with Crippen LogP contribution >= 0.6 is 0 Å². The highest BCUT2D eigenvalue weighted by Crippen LogP contribution is 2.13. The third-order valence-corrected chi connectivity index (χ3v) is 4.90. The van der Waals surface area contributed by atoms with Gasteiger partial charge in [-0.3, -0.25) is 0 Å². The molecule has 118 valence electrons. The molecule has 1 aliphatic heterocycles. The van der Waals surface area contributed by atoms with Crippen molar-refractivity contribution in [3.63, 3.8) is 0 Å². The van der Waals surface area contributed by atoms with E-state index >= 15 is 0 Å². The van der Waals surface area contributed by atoms with E-state index in [1.807, 2.05) is 31.3 Å². The molecule has 5 nitrogen and oxygen atoms in total. The van der Waals surface area contributed by atoms with Crippen LogP contribution in [0.15, 0.2) is 24.3 Å². The number of nitrogens with one attached hydrogen (secondary N) is 2. The zero-order chi connectivity index (χ0) is 15.1. The molecule has 0 spiro atoms. The second-order valence-electron chi connectivity index (χ2n) is 5.54. The first-order valence-electron chi connectivity index (χ1n) is 7.36. The molecule has 1 unspecified atom stereocenters. The zero-order valence-corrected chi connectivity index (χ0v) is 13.3. The van der Waals surface area contributed by atoms with Gasteiger partial charge in [0.1, 0.15) is 0 Å². The van der Waals surface area contributed by atoms with Crippen molar-refractivity contribution in [2.45, 2.75) is 25.1 Å². The van der Waals surface area contributed by atoms with Gasteiger partial charge in [-0.2, -0.15) is 0 Å². The number of hydrogen-bond acceptors (Lipinski definition) is 4. The van der Waals surface area contributed by atoms with E-state index in [0.717, 1.165) is 37.1 Å². The quantitative estimate of drug-likeness (QED) is 0.795. The van der Waals surface area contributed by atoms with E-state index < -0.39 is 10.0 Å². The summed E-state index contributed by atoms with van der Waals surface area (Å²) in [6.07, 6.45) is 2.04. The fourth-order valence-corrected chi connectivity index (χ4v) is 3.73. The lowest BCUT2D eigenvalue weighted by molar-refractivity contribution is 0.0568. The van der Waals surface area contributed by atoms with Gasteiger partial charge in [0.15, 0.2) is 0 Å². The fourth-order valence-electron chi connectivity index (χ4n) is 2.52. The van der Waals surface area contributed by atoms with Crippen molar-refractivity contribution < 1.29 is 13.2 Å². The van der Waals surface area contributed by atoms with Gasteiger partial charge in [0, 0.05) is 19.7 Å². The maximum absolute atomic E-state index is 12.1. The summed E-state index contributed by atoms with van der Waals surface area (Å²) in [4.78, 5) is 0. The molecule has 2 rings (SSSR count). The topological polar surface area (TPSA) is 67.4 Å². The average Bonchev–Trinajstić information content (AvgIpc) is 2.47. The molecule has 1 heterocycles. The summed E-state index contributed by atoms with van der Waals surface area (Å²) in [5.74, 6) is 0.321. The molecule has 6 heteroatoms. The molecule has 1 aromatic carbocycles. The minimum absolute atomic E-state index is 0.0259. The van der Waals surface area contributed by atoms with Crippen LogP contribution in [0.25, 0.3) is 0 Å². The Morgan fingerprint density at radius 1 is 1.33 bits per heavy atom. The van der Waals surface area contributed by atoms with Gasteiger partial charge in [-0.25, -0.2) is 13.1 Å². The van der Waals surface area contributed by atoms with Crippen LogP contribution in [0.3, 0.4) is 0 Å². The Hall–Kier alpha value is -0.950. The number of sulfonamides is 1. The highest BCUT2D eigenvalue weighted by atomic mass is 32.2. The summed E-state index contributed by atoms with van der Waals surface area (Å²) >= 11 is 0. The standard InChI is InChI=1S/C15H24N2O3S/c1-16-9-13-4-2-5-14(8-13)12-21(18,19)17-10-15-6-3-7-20-11-15/h2,4-5,8,15-17H,3,6-7,9-12H2,1H3. The second-order valence-corrected chi connectivity index (χ2v) is 7.35. The van der Waals surface area contributed by atoms with Gasteiger partial charge in [0.2, 0.25) is 10.0 Å². The van der Waals surface area contributed by atoms with Crippen LogP contribution in [-0.2, 0) is 27.1 Å². The van der Waals surface area contributed by atoms with Crippen LogP contribution in [-0.4, -0.2) is 35.2 Å². The molecule has 21 heavy (non-hydrogen) atoms. The molecule has 0 radical (unpaired) electrons. The van der Waals surface area contributed by atoms with Crippen LogP contribution in [0.5, 0.6) is 0 Å². The Morgan fingerprint density at radius 2 is 2.14 bits per heavy atom. The Morgan fingerprint density at radius 3 is 2.86 bits per heavy atom. The molecule has 0 bridgehead atoms. The van der Waals surface area contributed by atoms with Gasteiger partial charge in [0.05, 0.1) is 12.4 Å². The molecular weight excluding hydrogens is 288 g/mol. The van der Waals surface area contributed by atoms with E-state index in [0.29, 0.717) is 19.1 Å². The van der Waals surface area contributed by atoms with E-state index in [1.165, 1.54) is 0 Å². The molecule has 2 N–H and O–H groups in total. The number of ether oxygens (including phenoxy) is 1. The lowest BCUT2D eigenvalue weighted by Crippen LogP contribution is -2.33. The van der Waals surface area contributed by atoms with E-state index in [4.69, 9.17) is 4.74 Å². The lowest BCUT2D eigenvalue weighted by atomic mass is 10.0. The van der Waals surface area contributed by atoms with Crippen molar-refractivity contribution in [2.24, 2.45) is 5.92 Å². The predicted octanol–water partition coefficient (Wildman–Crippen LogP) is 1.25. The molecule has 1 aliphatic rings. The van der Waals surface area contributed by atoms with Crippen molar-refractivity contribution in [1.82, 2.24) is 10.0 Å². The Bertz CT molecular complexity index is 540. The third kappa shape index (κ3) is 5.74. The van der Waals surface area contributed by atoms with Gasteiger partial charge < -0.3 is 10.1 Å². The predicted molar refractivity (Wildman–Crippen MR) is 83.4 cm³/mol. The minimum Gasteiger partial charge on any atom is -0.381 e. The van der Waals surface area contributed by atoms with Crippen LogP contribution in [0.1, 0.15) is 24.0 Å². The maximum Gasteiger partial charge on any atom is 0.215 e. The summed E-state index contributed by atoms with van der Waals surface area (Å²) in [7, 11) is -1.42. The molecule has 1 atom stereocenters. The Kier molecular flexibility index (Phi) is 6.17. The molecule has 0 aliphatic carbocycles. The summed E-state index contributed by atoms with van der Waals surface area (Å²) in [6.45, 7) is 2.65. The van der Waals surface area contributed by atoms with Crippen molar-refractivity contribution in [2.75, 3.05) is 26.8 Å². The van der Waals surface area contributed by atoms with Gasteiger partial charge in [0.25, 0.3) is 0 Å². The zero-order valence-electron chi connectivity index (χ0n) is 12.5. The van der Waals surface area contributed by atoms with Gasteiger partial charge in [-0.15, -0.1) is 0 Å². The maximum atomic E-state index is 12.1. The second kappa shape index (κ2) is 7.89. The van der Waals surface area contributed by atoms with Gasteiger partial charge >= 0.3 is 0 Å². The lowest BCUT2D eigenvalue weighted by Gasteiger charge is -2.22. The highest BCUT2D eigenvalue weighted by molar-refractivity contribution is 7.88. The summed E-state index contributed by atoms with van der Waals surface area (Å²) in [5, 5.41) is 3.06. The van der Waals surface area contributed by atoms with E-state index in [2.05, 4.69) is 10.0 Å². The molecular formula is C15H24N2O3S. The van der Waals surface area contributed by atoms with Crippen molar-refractivity contribution >= 4 is 10.0 Å². The fraction of sp³-hybridized carbons (Fsp3) is 0.600. The smallest absolute Gasteiger partial charge is 0.215 e. The van der Waals surface area contributed by atoms with Crippen molar-refractivity contribution in [1.29, 1.82) is 0 Å². The van der Waals surface area contributed by atoms with Gasteiger partial charge in [-0.1, -0.05) is 24.3 Å². The van der Waals surface area contributed by atoms with E-state index in [9.17, 15) is 8.42 Å². The number of benzene rings is 1. The van der Waals surface area contributed by atoms with Crippen molar-refractivity contribution in [3.8, 4) is 0 Å². The van der Waals surface area contributed by atoms with Crippen LogP contribution in [0.4, 0.5) is 0 Å². The van der Waals surface area contributed by atoms with Crippen molar-refractivity contribution in [3.05, 3.63) is 35.4 Å². The molecule has 1 aromatic rings. The van der Waals surface area contributed by atoms with Crippen LogP contribution < -0.4 is 10.0 Å². The van der Waals surface area contributed by atoms with E-state index in [-0.39, 0.29) is 5.75 Å². The Labute approximate surface area is 127 Å². The highest BCUT2D eigenvalue weighted by Gasteiger charge is 2.18. The molecule has 1 fully saturated rings.